The molecule has 1 aromatic heterocycles. The third-order valence-corrected chi connectivity index (χ3v) is 4.74. The lowest BCUT2D eigenvalue weighted by Gasteiger charge is -2.23. The van der Waals surface area contributed by atoms with Crippen molar-refractivity contribution in [2.24, 2.45) is 0 Å². The molecule has 1 fully saturated rings. The SMILES string of the molecule is C[C@]1(c2cccc(-n3cnnn3)c2)NC(=O)N(Cc2ccc(C#N)cc2)C1=O. The van der Waals surface area contributed by atoms with E-state index in [4.69, 9.17) is 5.26 Å². The van der Waals surface area contributed by atoms with E-state index in [1.54, 1.807) is 55.5 Å². The Labute approximate surface area is 160 Å². The number of carbonyl (C=O) groups is 2. The minimum absolute atomic E-state index is 0.124. The van der Waals surface area contributed by atoms with Gasteiger partial charge in [0.05, 0.1) is 23.9 Å². The molecule has 9 nitrogen and oxygen atoms in total. The summed E-state index contributed by atoms with van der Waals surface area (Å²) in [5.41, 5.74) is 1.38. The number of imide groups is 1. The maximum absolute atomic E-state index is 13.1. The zero-order valence-corrected chi connectivity index (χ0v) is 14.9. The maximum atomic E-state index is 13.1. The van der Waals surface area contributed by atoms with E-state index >= 15 is 0 Å². The number of amides is 3. The number of urea groups is 1. The number of nitriles is 1. The lowest BCUT2D eigenvalue weighted by atomic mass is 9.91. The molecule has 138 valence electrons. The van der Waals surface area contributed by atoms with E-state index in [9.17, 15) is 9.59 Å². The molecule has 2 aromatic carbocycles. The van der Waals surface area contributed by atoms with Crippen molar-refractivity contribution in [3.05, 3.63) is 71.5 Å². The van der Waals surface area contributed by atoms with Crippen molar-refractivity contribution in [3.63, 3.8) is 0 Å². The van der Waals surface area contributed by atoms with Crippen LogP contribution >= 0.6 is 0 Å². The molecule has 0 aliphatic carbocycles. The molecule has 9 heteroatoms. The van der Waals surface area contributed by atoms with Gasteiger partial charge in [-0.25, -0.2) is 9.48 Å². The number of benzene rings is 2. The molecule has 0 unspecified atom stereocenters. The van der Waals surface area contributed by atoms with Crippen LogP contribution < -0.4 is 5.32 Å². The van der Waals surface area contributed by atoms with E-state index in [1.165, 1.54) is 15.9 Å². The summed E-state index contributed by atoms with van der Waals surface area (Å²) >= 11 is 0. The predicted molar refractivity (Wildman–Crippen MR) is 96.7 cm³/mol. The molecule has 4 rings (SSSR count). The Morgan fingerprint density at radius 3 is 2.64 bits per heavy atom. The van der Waals surface area contributed by atoms with Crippen LogP contribution in [0.3, 0.4) is 0 Å². The van der Waals surface area contributed by atoms with Gasteiger partial charge in [0.2, 0.25) is 0 Å². The highest BCUT2D eigenvalue weighted by molar-refractivity contribution is 6.07. The van der Waals surface area contributed by atoms with E-state index in [2.05, 4.69) is 20.8 Å². The minimum atomic E-state index is -1.20. The summed E-state index contributed by atoms with van der Waals surface area (Å²) in [5.74, 6) is -0.351. The van der Waals surface area contributed by atoms with Crippen LogP contribution in [0.25, 0.3) is 5.69 Å². The summed E-state index contributed by atoms with van der Waals surface area (Å²) in [6.07, 6.45) is 1.45. The fourth-order valence-electron chi connectivity index (χ4n) is 3.14. The maximum Gasteiger partial charge on any atom is 0.325 e. The van der Waals surface area contributed by atoms with Crippen LogP contribution in [0.1, 0.15) is 23.6 Å². The highest BCUT2D eigenvalue weighted by Gasteiger charge is 2.49. The van der Waals surface area contributed by atoms with Gasteiger partial charge in [0.15, 0.2) is 0 Å². The van der Waals surface area contributed by atoms with Gasteiger partial charge in [0.1, 0.15) is 11.9 Å². The molecular formula is C19H15N7O2. The summed E-state index contributed by atoms with van der Waals surface area (Å²) in [5, 5.41) is 22.7. The van der Waals surface area contributed by atoms with Crippen LogP contribution in [0.5, 0.6) is 0 Å². The highest BCUT2D eigenvalue weighted by atomic mass is 16.2. The normalized spacial score (nSPS) is 18.8. The summed E-state index contributed by atoms with van der Waals surface area (Å²) in [4.78, 5) is 26.8. The molecule has 3 amide bonds. The molecule has 1 aliphatic heterocycles. The zero-order chi connectivity index (χ0) is 19.7. The van der Waals surface area contributed by atoms with Crippen molar-refractivity contribution in [1.29, 1.82) is 5.26 Å². The number of nitrogens with zero attached hydrogens (tertiary/aromatic N) is 6. The Morgan fingerprint density at radius 2 is 1.96 bits per heavy atom. The molecule has 28 heavy (non-hydrogen) atoms. The van der Waals surface area contributed by atoms with Crippen molar-refractivity contribution in [3.8, 4) is 11.8 Å². The van der Waals surface area contributed by atoms with Gasteiger partial charge in [-0.15, -0.1) is 5.10 Å². The van der Waals surface area contributed by atoms with Gasteiger partial charge in [-0.05, 0) is 52.7 Å². The number of rotatable bonds is 4. The van der Waals surface area contributed by atoms with Crippen molar-refractivity contribution in [2.45, 2.75) is 19.0 Å². The zero-order valence-electron chi connectivity index (χ0n) is 14.9. The van der Waals surface area contributed by atoms with Crippen LogP contribution in [-0.4, -0.2) is 37.0 Å². The van der Waals surface area contributed by atoms with Crippen LogP contribution in [0.15, 0.2) is 54.9 Å². The lowest BCUT2D eigenvalue weighted by molar-refractivity contribution is -0.131. The largest absolute Gasteiger partial charge is 0.325 e. The Kier molecular flexibility index (Phi) is 4.08. The number of nitrogens with one attached hydrogen (secondary N) is 1. The fourth-order valence-corrected chi connectivity index (χ4v) is 3.14. The fraction of sp³-hybridized carbons (Fsp3) is 0.158. The second kappa shape index (κ2) is 6.59. The first-order chi connectivity index (χ1) is 13.5. The first-order valence-corrected chi connectivity index (χ1v) is 8.48. The van der Waals surface area contributed by atoms with E-state index in [0.29, 0.717) is 16.8 Å². The summed E-state index contributed by atoms with van der Waals surface area (Å²) < 4.78 is 1.47. The van der Waals surface area contributed by atoms with Gasteiger partial charge in [-0.2, -0.15) is 5.26 Å². The average molecular weight is 373 g/mol. The number of carbonyl (C=O) groups excluding carboxylic acids is 2. The van der Waals surface area contributed by atoms with E-state index in [0.717, 1.165) is 5.56 Å². The van der Waals surface area contributed by atoms with Crippen LogP contribution in [0, 0.1) is 11.3 Å². The van der Waals surface area contributed by atoms with Crippen LogP contribution in [0.4, 0.5) is 4.79 Å². The Hall–Kier alpha value is -4.06. The Balaban J connectivity index is 1.62. The van der Waals surface area contributed by atoms with Gasteiger partial charge in [0, 0.05) is 0 Å². The van der Waals surface area contributed by atoms with Gasteiger partial charge in [0.25, 0.3) is 5.91 Å². The number of aromatic nitrogens is 4. The van der Waals surface area contributed by atoms with E-state index in [-0.39, 0.29) is 12.5 Å². The summed E-state index contributed by atoms with van der Waals surface area (Å²) in [6, 6.07) is 15.5. The average Bonchev–Trinajstić information content (AvgIpc) is 3.33. The second-order valence-electron chi connectivity index (χ2n) is 6.56. The molecule has 2 heterocycles. The molecule has 0 spiro atoms. The van der Waals surface area contributed by atoms with Crippen molar-refractivity contribution in [2.75, 3.05) is 0 Å². The second-order valence-corrected chi connectivity index (χ2v) is 6.56. The third kappa shape index (κ3) is 2.87. The van der Waals surface area contributed by atoms with Crippen LogP contribution in [-0.2, 0) is 16.9 Å². The van der Waals surface area contributed by atoms with Crippen molar-refractivity contribution >= 4 is 11.9 Å². The molecule has 0 saturated carbocycles. The van der Waals surface area contributed by atoms with Gasteiger partial charge >= 0.3 is 6.03 Å². The molecule has 0 radical (unpaired) electrons. The monoisotopic (exact) mass is 373 g/mol. The predicted octanol–water partition coefficient (Wildman–Crippen LogP) is 1.50. The third-order valence-electron chi connectivity index (χ3n) is 4.74. The molecule has 1 aliphatic rings. The van der Waals surface area contributed by atoms with Gasteiger partial charge in [-0.1, -0.05) is 24.3 Å². The quantitative estimate of drug-likeness (QED) is 0.693. The summed E-state index contributed by atoms with van der Waals surface area (Å²) in [7, 11) is 0. The first kappa shape index (κ1) is 17.4. The number of tetrazole rings is 1. The molecule has 3 aromatic rings. The Morgan fingerprint density at radius 1 is 1.18 bits per heavy atom. The standard InChI is InChI=1S/C19H15N7O2/c1-19(15-3-2-4-16(9-15)26-12-21-23-24-26)17(27)25(18(28)22-19)11-14-7-5-13(10-20)6-8-14/h2-9,12H,11H2,1H3,(H,22,28)/t19-/m1/s1. The van der Waals surface area contributed by atoms with Crippen molar-refractivity contribution < 1.29 is 9.59 Å². The molecule has 1 N–H and O–H groups in total. The minimum Gasteiger partial charge on any atom is -0.319 e. The number of hydrogen-bond donors (Lipinski definition) is 1. The smallest absolute Gasteiger partial charge is 0.319 e. The van der Waals surface area contributed by atoms with Crippen LogP contribution in [0.2, 0.25) is 0 Å². The Bertz CT molecular complexity index is 1090. The molecular weight excluding hydrogens is 358 g/mol. The highest BCUT2D eigenvalue weighted by Crippen LogP contribution is 2.30. The number of hydrogen-bond acceptors (Lipinski definition) is 6. The van der Waals surface area contributed by atoms with Crippen molar-refractivity contribution in [1.82, 2.24) is 30.4 Å². The molecule has 0 bridgehead atoms. The molecule has 1 atom stereocenters. The van der Waals surface area contributed by atoms with E-state index in [1.807, 2.05) is 6.07 Å². The summed E-state index contributed by atoms with van der Waals surface area (Å²) in [6.45, 7) is 1.80. The van der Waals surface area contributed by atoms with Gasteiger partial charge < -0.3 is 5.32 Å². The van der Waals surface area contributed by atoms with E-state index < -0.39 is 11.6 Å². The first-order valence-electron chi connectivity index (χ1n) is 8.48. The van der Waals surface area contributed by atoms with Gasteiger partial charge in [-0.3, -0.25) is 9.69 Å². The topological polar surface area (TPSA) is 117 Å². The molecule has 1 saturated heterocycles. The lowest BCUT2D eigenvalue weighted by Crippen LogP contribution is -2.40.